The Morgan fingerprint density at radius 2 is 2.16 bits per heavy atom. The second-order valence-corrected chi connectivity index (χ2v) is 6.45. The standard InChI is InChI=1S/C10H11N3O4S2/c1-6-3-9(13(2)11-6)12-19(16,17)7-4-8(10(14)15)18-5-7/h3-5,12H,1-2H3,(H,14,15). The summed E-state index contributed by atoms with van der Waals surface area (Å²) in [5.41, 5.74) is 0.678. The van der Waals surface area contributed by atoms with Crippen LogP contribution < -0.4 is 4.72 Å². The Morgan fingerprint density at radius 3 is 2.63 bits per heavy atom. The van der Waals surface area contributed by atoms with Gasteiger partial charge in [-0.15, -0.1) is 11.3 Å². The number of aryl methyl sites for hydroxylation is 2. The average molecular weight is 301 g/mol. The number of nitrogens with one attached hydrogen (secondary N) is 1. The van der Waals surface area contributed by atoms with Gasteiger partial charge in [0.05, 0.1) is 10.6 Å². The summed E-state index contributed by atoms with van der Waals surface area (Å²) in [5, 5.41) is 14.1. The molecule has 9 heteroatoms. The Kier molecular flexibility index (Phi) is 3.33. The van der Waals surface area contributed by atoms with Crippen LogP contribution in [0.15, 0.2) is 22.4 Å². The van der Waals surface area contributed by atoms with Crippen LogP contribution in [-0.2, 0) is 17.1 Å². The number of hydrogen-bond acceptors (Lipinski definition) is 5. The maximum Gasteiger partial charge on any atom is 0.345 e. The molecule has 2 heterocycles. The molecule has 0 spiro atoms. The number of nitrogens with zero attached hydrogens (tertiary/aromatic N) is 2. The molecule has 0 aromatic carbocycles. The first kappa shape index (κ1) is 13.6. The smallest absolute Gasteiger partial charge is 0.345 e. The van der Waals surface area contributed by atoms with Gasteiger partial charge in [0.2, 0.25) is 0 Å². The molecule has 0 aliphatic rings. The zero-order valence-electron chi connectivity index (χ0n) is 10.1. The van der Waals surface area contributed by atoms with Crippen molar-refractivity contribution in [3.8, 4) is 0 Å². The fraction of sp³-hybridized carbons (Fsp3) is 0.200. The molecule has 0 radical (unpaired) electrons. The summed E-state index contributed by atoms with van der Waals surface area (Å²) in [7, 11) is -2.19. The van der Waals surface area contributed by atoms with Gasteiger partial charge in [-0.2, -0.15) is 5.10 Å². The molecule has 0 amide bonds. The molecule has 0 aliphatic heterocycles. The molecule has 7 nitrogen and oxygen atoms in total. The molecule has 0 saturated heterocycles. The van der Waals surface area contributed by atoms with E-state index in [-0.39, 0.29) is 9.77 Å². The highest BCUT2D eigenvalue weighted by Gasteiger charge is 2.20. The van der Waals surface area contributed by atoms with E-state index < -0.39 is 16.0 Å². The van der Waals surface area contributed by atoms with Crippen molar-refractivity contribution in [1.29, 1.82) is 0 Å². The zero-order valence-corrected chi connectivity index (χ0v) is 11.7. The molecule has 0 atom stereocenters. The predicted molar refractivity (Wildman–Crippen MR) is 70.0 cm³/mol. The number of carbonyl (C=O) groups is 1. The lowest BCUT2D eigenvalue weighted by Gasteiger charge is -2.05. The lowest BCUT2D eigenvalue weighted by molar-refractivity contribution is 0.0702. The number of rotatable bonds is 4. The minimum Gasteiger partial charge on any atom is -0.477 e. The first-order valence-corrected chi connectivity index (χ1v) is 7.51. The third kappa shape index (κ3) is 2.76. The maximum atomic E-state index is 12.1. The summed E-state index contributed by atoms with van der Waals surface area (Å²) >= 11 is 0.863. The van der Waals surface area contributed by atoms with Gasteiger partial charge in [0.1, 0.15) is 10.7 Å². The molecule has 2 N–H and O–H groups in total. The number of sulfonamides is 1. The molecular weight excluding hydrogens is 290 g/mol. The second-order valence-electron chi connectivity index (χ2n) is 3.85. The van der Waals surface area contributed by atoms with Gasteiger partial charge in [0.15, 0.2) is 0 Å². The van der Waals surface area contributed by atoms with Crippen LogP contribution in [0.1, 0.15) is 15.4 Å². The fourth-order valence-electron chi connectivity index (χ4n) is 1.47. The molecule has 0 fully saturated rings. The number of aromatic carboxylic acids is 1. The van der Waals surface area contributed by atoms with Crippen LogP contribution in [0.4, 0.5) is 5.82 Å². The first-order chi connectivity index (χ1) is 8.79. The monoisotopic (exact) mass is 301 g/mol. The largest absolute Gasteiger partial charge is 0.477 e. The summed E-state index contributed by atoms with van der Waals surface area (Å²) in [6.07, 6.45) is 0. The van der Waals surface area contributed by atoms with Gasteiger partial charge in [0, 0.05) is 18.5 Å². The van der Waals surface area contributed by atoms with E-state index in [2.05, 4.69) is 9.82 Å². The van der Waals surface area contributed by atoms with E-state index in [1.54, 1.807) is 20.0 Å². The van der Waals surface area contributed by atoms with Crippen molar-refractivity contribution in [1.82, 2.24) is 9.78 Å². The third-order valence-corrected chi connectivity index (χ3v) is 4.74. The maximum absolute atomic E-state index is 12.1. The van der Waals surface area contributed by atoms with E-state index in [1.165, 1.54) is 10.1 Å². The van der Waals surface area contributed by atoms with Crippen molar-refractivity contribution >= 4 is 33.1 Å². The Bertz CT molecular complexity index is 730. The molecule has 2 rings (SSSR count). The molecule has 0 bridgehead atoms. The van der Waals surface area contributed by atoms with Gasteiger partial charge in [-0.3, -0.25) is 9.40 Å². The summed E-state index contributed by atoms with van der Waals surface area (Å²) < 4.78 is 27.9. The number of carboxylic acids is 1. The van der Waals surface area contributed by atoms with E-state index >= 15 is 0 Å². The lowest BCUT2D eigenvalue weighted by atomic mass is 10.5. The fourth-order valence-corrected chi connectivity index (χ4v) is 3.66. The SMILES string of the molecule is Cc1cc(NS(=O)(=O)c2csc(C(=O)O)c2)n(C)n1. The predicted octanol–water partition coefficient (Wildman–Crippen LogP) is 1.29. The second kappa shape index (κ2) is 4.67. The van der Waals surface area contributed by atoms with Crippen LogP contribution in [-0.4, -0.2) is 29.3 Å². The van der Waals surface area contributed by atoms with Gasteiger partial charge in [0.25, 0.3) is 10.0 Å². The third-order valence-electron chi connectivity index (χ3n) is 2.34. The highest BCUT2D eigenvalue weighted by atomic mass is 32.2. The summed E-state index contributed by atoms with van der Waals surface area (Å²) in [5.74, 6) is -0.830. The number of aromatic nitrogens is 2. The number of carboxylic acid groups (broad SMARTS) is 1. The van der Waals surface area contributed by atoms with Crippen LogP contribution in [0.25, 0.3) is 0 Å². The van der Waals surface area contributed by atoms with Gasteiger partial charge in [-0.25, -0.2) is 13.2 Å². The highest BCUT2D eigenvalue weighted by Crippen LogP contribution is 2.22. The molecule has 0 saturated carbocycles. The molecular formula is C10H11N3O4S2. The Balaban J connectivity index is 2.32. The number of hydrogen-bond donors (Lipinski definition) is 2. The molecule has 19 heavy (non-hydrogen) atoms. The van der Waals surface area contributed by atoms with Crippen molar-refractivity contribution in [2.24, 2.45) is 7.05 Å². The van der Waals surface area contributed by atoms with Crippen molar-refractivity contribution in [2.75, 3.05) is 4.72 Å². The highest BCUT2D eigenvalue weighted by molar-refractivity contribution is 7.92. The van der Waals surface area contributed by atoms with E-state index in [9.17, 15) is 13.2 Å². The number of thiophene rings is 1. The van der Waals surface area contributed by atoms with Gasteiger partial charge < -0.3 is 5.11 Å². The Morgan fingerprint density at radius 1 is 1.47 bits per heavy atom. The quantitative estimate of drug-likeness (QED) is 0.886. The molecule has 102 valence electrons. The van der Waals surface area contributed by atoms with Crippen LogP contribution in [0.3, 0.4) is 0 Å². The Labute approximate surface area is 113 Å². The van der Waals surface area contributed by atoms with Crippen LogP contribution in [0.2, 0.25) is 0 Å². The van der Waals surface area contributed by atoms with E-state index in [1.807, 2.05) is 0 Å². The normalized spacial score (nSPS) is 11.5. The number of anilines is 1. The summed E-state index contributed by atoms with van der Waals surface area (Å²) in [4.78, 5) is 10.6. The minimum absolute atomic E-state index is 0.0263. The molecule has 2 aromatic rings. The average Bonchev–Trinajstić information content (AvgIpc) is 2.86. The lowest BCUT2D eigenvalue weighted by Crippen LogP contribution is -2.14. The van der Waals surface area contributed by atoms with E-state index in [4.69, 9.17) is 5.11 Å². The van der Waals surface area contributed by atoms with Crippen molar-refractivity contribution in [2.45, 2.75) is 11.8 Å². The van der Waals surface area contributed by atoms with E-state index in [0.29, 0.717) is 11.5 Å². The molecule has 0 unspecified atom stereocenters. The summed E-state index contributed by atoms with van der Waals surface area (Å²) in [6.45, 7) is 1.74. The minimum atomic E-state index is -3.80. The van der Waals surface area contributed by atoms with E-state index in [0.717, 1.165) is 17.4 Å². The zero-order chi connectivity index (χ0) is 14.2. The van der Waals surface area contributed by atoms with Gasteiger partial charge in [-0.1, -0.05) is 0 Å². The first-order valence-electron chi connectivity index (χ1n) is 5.15. The molecule has 2 aromatic heterocycles. The van der Waals surface area contributed by atoms with Crippen molar-refractivity contribution in [3.63, 3.8) is 0 Å². The van der Waals surface area contributed by atoms with Gasteiger partial charge in [-0.05, 0) is 13.0 Å². The van der Waals surface area contributed by atoms with Crippen LogP contribution >= 0.6 is 11.3 Å². The topological polar surface area (TPSA) is 101 Å². The van der Waals surface area contributed by atoms with Crippen molar-refractivity contribution in [3.05, 3.63) is 28.1 Å². The van der Waals surface area contributed by atoms with Crippen molar-refractivity contribution < 1.29 is 18.3 Å². The summed E-state index contributed by atoms with van der Waals surface area (Å²) in [6, 6.07) is 2.71. The molecule has 0 aliphatic carbocycles. The van der Waals surface area contributed by atoms with Gasteiger partial charge >= 0.3 is 5.97 Å². The van der Waals surface area contributed by atoms with Crippen LogP contribution in [0, 0.1) is 6.92 Å². The Hall–Kier alpha value is -1.87. The van der Waals surface area contributed by atoms with Crippen LogP contribution in [0.5, 0.6) is 0 Å².